The van der Waals surface area contributed by atoms with Crippen LogP contribution in [-0.4, -0.2) is 381 Å². The van der Waals surface area contributed by atoms with Gasteiger partial charge in [0.25, 0.3) is 0 Å². The van der Waals surface area contributed by atoms with Gasteiger partial charge in [-0.2, -0.15) is 11.8 Å². The number of carboxylic acids is 1. The van der Waals surface area contributed by atoms with Crippen molar-refractivity contribution in [2.24, 2.45) is 0 Å². The van der Waals surface area contributed by atoms with Crippen molar-refractivity contribution in [2.45, 2.75) is 260 Å². The first-order chi connectivity index (χ1) is 46.9. The monoisotopic (exact) mass is 1450 g/mol. The van der Waals surface area contributed by atoms with Crippen LogP contribution >= 0.6 is 11.8 Å². The molecular weight excluding hydrogens is 1360 g/mol. The van der Waals surface area contributed by atoms with Gasteiger partial charge in [0.1, 0.15) is 152 Å². The first-order valence-electron chi connectivity index (χ1n) is 31.9. The molecule has 0 spiro atoms. The summed E-state index contributed by atoms with van der Waals surface area (Å²) in [5.74, 6) is -5.27. The third kappa shape index (κ3) is 19.0. The lowest BCUT2D eigenvalue weighted by atomic mass is 9.93. The number of unbranched alkanes of at least 4 members (excludes halogenated alkanes) is 1. The van der Waals surface area contributed by atoms with Crippen molar-refractivity contribution >= 4 is 53.3 Å². The van der Waals surface area contributed by atoms with Crippen LogP contribution in [0.15, 0.2) is 0 Å². The van der Waals surface area contributed by atoms with E-state index in [4.69, 9.17) is 52.1 Å². The maximum Gasteiger partial charge on any atom is 0.326 e. The number of urea groups is 1. The van der Waals surface area contributed by atoms with E-state index in [2.05, 4.69) is 37.2 Å². The molecule has 0 radical (unpaired) electrons. The number of aliphatic hydroxyl groups excluding tert-OH is 16. The van der Waals surface area contributed by atoms with Gasteiger partial charge in [-0.15, -0.1) is 0 Å². The van der Waals surface area contributed by atoms with Crippen molar-refractivity contribution in [1.82, 2.24) is 37.2 Å². The lowest BCUT2D eigenvalue weighted by Gasteiger charge is -2.51. The standard InChI is InChI=1S/C56H91N7O35S/c1-16(69)57-31-39(79)45(24(12-67)89-49(31)62-29(73)8-19(50(85)86)60-28(72)7-5-4-6-27-30-20(15-99-27)61-56(87)63-30)95-52-33(59-18(3)71)40(80)46(25(13-68)93-52)96-54-44(84)47(37(77)26(94-54)14-88-53-43(83)41(81)35(75)22(10-65)91-53)97-55-48(42(82)36(76)23(11-66)92-55)98-51-32(58-17(2)70)38(78)34(74)21(9-64)90-51/h19-27,30-49,51-55,64-68,74-84H,4-15H2,1-3H3,(H,57,69)(H,58,70)(H,59,71)(H,60,72)(H,62,73)(H,85,86)(H2,61,63,87)/t19?,20?,21?,22?,23?,24?,25?,26?,27?,30?,31?,32?,33?,34-,35-,36-,37-,38+,39+,40+,41-,42?,43?,44?,45-,46-,47-,48?,49+,51-,52-,53+,54-,55-/m0/s1. The Morgan fingerprint density at radius 2 is 0.970 bits per heavy atom. The van der Waals surface area contributed by atoms with Gasteiger partial charge in [-0.05, 0) is 12.8 Å². The van der Waals surface area contributed by atoms with Crippen LogP contribution in [0, 0.1) is 0 Å². The summed E-state index contributed by atoms with van der Waals surface area (Å²) in [4.78, 5) is 88.6. The van der Waals surface area contributed by atoms with Crippen molar-refractivity contribution in [2.75, 3.05) is 45.4 Å². The molecule has 42 nitrogen and oxygen atoms in total. The maximum absolute atomic E-state index is 13.6. The Morgan fingerprint density at radius 3 is 1.56 bits per heavy atom. The second kappa shape index (κ2) is 35.7. The number of hydrogen-bond acceptors (Lipinski definition) is 35. The maximum atomic E-state index is 13.6. The molecule has 0 aliphatic carbocycles. The molecule has 17 unspecified atom stereocenters. The van der Waals surface area contributed by atoms with Crippen LogP contribution < -0.4 is 37.2 Å². The summed E-state index contributed by atoms with van der Waals surface area (Å²) < 4.78 is 64.9. The molecule has 8 saturated heterocycles. The SMILES string of the molecule is CC(=O)NC1[C@H](OC2C(O)[C@@H](O)C(CO)O[C@H]2O[C@@H]2C(O)[C@H](O[C@H]3C(CO)O[C@@H](O[C@H]4C(CO)O[C@@H](NC(=O)CC(NC(=O)CCCCC5SCC6NC(=O)NC65)C(=O)O)C(NC(C)=O)[C@H]4O)C(NC(C)=O)[C@H]3O)OC(CO[C@@H]3OC(CO)[C@H](O)[C@H](O)C3O)[C@@H]2O)OC(CO)[C@H](O)[C@@H]1O. The normalized spacial score (nSPS) is 43.3. The lowest BCUT2D eigenvalue weighted by Crippen LogP contribution is -2.71. The summed E-state index contributed by atoms with van der Waals surface area (Å²) in [5, 5.41) is 204. The zero-order valence-electron chi connectivity index (χ0n) is 53.5. The van der Waals surface area contributed by atoms with E-state index in [1.807, 2.05) is 0 Å². The van der Waals surface area contributed by atoms with Gasteiger partial charge in [0.2, 0.25) is 29.5 Å². The van der Waals surface area contributed by atoms with Gasteiger partial charge in [-0.25, -0.2) is 9.59 Å². The van der Waals surface area contributed by atoms with Gasteiger partial charge in [0, 0.05) is 38.2 Å². The first kappa shape index (κ1) is 80.1. The van der Waals surface area contributed by atoms with Crippen molar-refractivity contribution in [3.05, 3.63) is 0 Å². The number of thioether (sulfide) groups is 1. The number of nitrogens with one attached hydrogen (secondary N) is 7. The van der Waals surface area contributed by atoms with Crippen LogP contribution in [0.1, 0.15) is 52.9 Å². The highest BCUT2D eigenvalue weighted by Gasteiger charge is 2.59. The van der Waals surface area contributed by atoms with E-state index in [0.29, 0.717) is 19.3 Å². The molecule has 8 heterocycles. The molecule has 8 aliphatic rings. The van der Waals surface area contributed by atoms with E-state index in [1.165, 1.54) is 0 Å². The average Bonchev–Trinajstić information content (AvgIpc) is 1.56. The van der Waals surface area contributed by atoms with Gasteiger partial charge >= 0.3 is 12.0 Å². The summed E-state index contributed by atoms with van der Waals surface area (Å²) in [6.07, 6.45) is -53.5. The van der Waals surface area contributed by atoms with Gasteiger partial charge < -0.3 is 176 Å². The number of amides is 7. The van der Waals surface area contributed by atoms with E-state index >= 15 is 0 Å². The fourth-order valence-electron chi connectivity index (χ4n) is 12.9. The summed E-state index contributed by atoms with van der Waals surface area (Å²) in [7, 11) is 0. The number of carbonyl (C=O) groups is 7. The van der Waals surface area contributed by atoms with Crippen LogP contribution in [0.3, 0.4) is 0 Å². The zero-order valence-corrected chi connectivity index (χ0v) is 54.3. The molecule has 566 valence electrons. The quantitative estimate of drug-likeness (QED) is 0.0244. The Hall–Kier alpha value is -4.64. The van der Waals surface area contributed by atoms with Crippen molar-refractivity contribution in [3.63, 3.8) is 0 Å². The third-order valence-electron chi connectivity index (χ3n) is 18.1. The Bertz CT molecular complexity index is 2710. The highest BCUT2D eigenvalue weighted by atomic mass is 32.2. The smallest absolute Gasteiger partial charge is 0.326 e. The van der Waals surface area contributed by atoms with E-state index in [9.17, 15) is 120 Å². The Labute approximate surface area is 567 Å². The molecule has 34 atom stereocenters. The molecule has 0 aromatic carbocycles. The average molecular weight is 1450 g/mol. The minimum atomic E-state index is -2.42. The molecule has 0 aromatic rings. The molecular formula is C56H91N7O35S. The van der Waals surface area contributed by atoms with E-state index in [-0.39, 0.29) is 29.8 Å². The summed E-state index contributed by atoms with van der Waals surface area (Å²) >= 11 is 1.68. The fraction of sp³-hybridized carbons (Fsp3) is 0.875. The predicted octanol–water partition coefficient (Wildman–Crippen LogP) is -13.9. The van der Waals surface area contributed by atoms with Gasteiger partial charge in [-0.3, -0.25) is 24.0 Å². The molecule has 24 N–H and O–H groups in total. The second-order valence-electron chi connectivity index (χ2n) is 25.1. The largest absolute Gasteiger partial charge is 0.480 e. The number of fused-ring (bicyclic) bond motifs is 1. The van der Waals surface area contributed by atoms with Crippen LogP contribution in [-0.2, 0) is 80.9 Å². The summed E-state index contributed by atoms with van der Waals surface area (Å²) in [6.45, 7) is -3.19. The number of aliphatic carboxylic acids is 1. The number of carboxylic acid groups (broad SMARTS) is 1. The van der Waals surface area contributed by atoms with Crippen LogP contribution in [0.25, 0.3) is 0 Å². The molecule has 0 aromatic heterocycles. The van der Waals surface area contributed by atoms with Crippen molar-refractivity contribution in [1.29, 1.82) is 0 Å². The summed E-state index contributed by atoms with van der Waals surface area (Å²) in [6, 6.07) is -7.47. The Morgan fingerprint density at radius 1 is 0.485 bits per heavy atom. The van der Waals surface area contributed by atoms with E-state index in [1.54, 1.807) is 11.8 Å². The van der Waals surface area contributed by atoms with Crippen LogP contribution in [0.2, 0.25) is 0 Å². The summed E-state index contributed by atoms with van der Waals surface area (Å²) in [5.41, 5.74) is 0. The molecule has 8 rings (SSSR count). The third-order valence-corrected chi connectivity index (χ3v) is 19.6. The van der Waals surface area contributed by atoms with Crippen molar-refractivity contribution < 1.29 is 172 Å². The number of rotatable bonds is 29. The predicted molar refractivity (Wildman–Crippen MR) is 318 cm³/mol. The fourth-order valence-corrected chi connectivity index (χ4v) is 14.4. The zero-order chi connectivity index (χ0) is 72.6. The van der Waals surface area contributed by atoms with Crippen LogP contribution in [0.4, 0.5) is 4.79 Å². The Balaban J connectivity index is 0.997. The molecule has 99 heavy (non-hydrogen) atoms. The Kier molecular flexibility index (Phi) is 28.9. The van der Waals surface area contributed by atoms with Gasteiger partial charge in [0.15, 0.2) is 37.7 Å². The second-order valence-corrected chi connectivity index (χ2v) is 26.4. The minimum absolute atomic E-state index is 0.00846. The number of aliphatic hydroxyl groups is 16. The highest BCUT2D eigenvalue weighted by molar-refractivity contribution is 8.00. The number of ether oxygens (including phenoxy) is 11. The molecule has 0 saturated carbocycles. The highest BCUT2D eigenvalue weighted by Crippen LogP contribution is 2.38. The van der Waals surface area contributed by atoms with Gasteiger partial charge in [-0.1, -0.05) is 6.42 Å². The molecule has 8 fully saturated rings. The van der Waals surface area contributed by atoms with Crippen molar-refractivity contribution in [3.8, 4) is 0 Å². The molecule has 8 aliphatic heterocycles. The number of hydrogen-bond donors (Lipinski definition) is 24. The van der Waals surface area contributed by atoms with Crippen LogP contribution in [0.5, 0.6) is 0 Å². The first-order valence-corrected chi connectivity index (χ1v) is 33.0. The van der Waals surface area contributed by atoms with Gasteiger partial charge in [0.05, 0.1) is 58.1 Å². The van der Waals surface area contributed by atoms with E-state index < -0.39 is 272 Å². The number of carbonyl (C=O) groups excluding carboxylic acids is 6. The molecule has 7 amide bonds. The molecule has 0 bridgehead atoms. The molecule has 43 heteroatoms. The van der Waals surface area contributed by atoms with E-state index in [0.717, 1.165) is 26.5 Å². The minimum Gasteiger partial charge on any atom is -0.480 e. The topological polar surface area (TPSA) is 649 Å². The lowest BCUT2D eigenvalue weighted by molar-refractivity contribution is -0.394.